The standard InChI is InChI=1S/C36H27N3O.Pt/c1-35(2)27-17-15-22(20-26(27)32-33-28(11-9-19-38-33)36(3,4)34(32)35)40-23-14-16-25-24-10-5-6-12-29(24)39(30(25)21-23)31-13-7-8-18-37-31;/h5-19H,1-4H3;/q-2;+2. The van der Waals surface area contributed by atoms with Crippen LogP contribution in [-0.2, 0) is 31.9 Å². The summed E-state index contributed by atoms with van der Waals surface area (Å²) in [5.41, 5.74) is 9.11. The van der Waals surface area contributed by atoms with Crippen LogP contribution in [0.4, 0.5) is 0 Å². The molecule has 0 atom stereocenters. The second-order valence-corrected chi connectivity index (χ2v) is 11.7. The van der Waals surface area contributed by atoms with Gasteiger partial charge in [-0.1, -0.05) is 80.8 Å². The molecule has 0 unspecified atom stereocenters. The van der Waals surface area contributed by atoms with Gasteiger partial charge >= 0.3 is 21.1 Å². The predicted molar refractivity (Wildman–Crippen MR) is 159 cm³/mol. The van der Waals surface area contributed by atoms with Crippen molar-refractivity contribution in [3.8, 4) is 17.3 Å². The van der Waals surface area contributed by atoms with Gasteiger partial charge in [-0.05, 0) is 40.6 Å². The summed E-state index contributed by atoms with van der Waals surface area (Å²) in [6, 6.07) is 34.1. The van der Waals surface area contributed by atoms with E-state index < -0.39 is 0 Å². The molecule has 0 fully saturated rings. The third-order valence-electron chi connectivity index (χ3n) is 8.72. The molecule has 2 aliphatic rings. The number of benzene rings is 3. The van der Waals surface area contributed by atoms with Crippen molar-refractivity contribution >= 4 is 27.4 Å². The van der Waals surface area contributed by atoms with E-state index in [9.17, 15) is 0 Å². The van der Waals surface area contributed by atoms with Gasteiger partial charge in [0, 0.05) is 40.5 Å². The molecule has 2 aliphatic carbocycles. The van der Waals surface area contributed by atoms with Crippen molar-refractivity contribution in [3.05, 3.63) is 131 Å². The second kappa shape index (κ2) is 8.99. The maximum Gasteiger partial charge on any atom is 2.00 e. The number of rotatable bonds is 3. The smallest absolute Gasteiger partial charge is 0.503 e. The van der Waals surface area contributed by atoms with Crippen LogP contribution >= 0.6 is 0 Å². The van der Waals surface area contributed by atoms with Gasteiger partial charge in [-0.2, -0.15) is 6.07 Å². The average molecular weight is 713 g/mol. The summed E-state index contributed by atoms with van der Waals surface area (Å²) in [7, 11) is 0. The van der Waals surface area contributed by atoms with Crippen LogP contribution in [0.3, 0.4) is 0 Å². The van der Waals surface area contributed by atoms with Crippen molar-refractivity contribution in [1.29, 1.82) is 0 Å². The Labute approximate surface area is 254 Å². The number of aromatic nitrogens is 3. The van der Waals surface area contributed by atoms with E-state index >= 15 is 0 Å². The van der Waals surface area contributed by atoms with E-state index in [4.69, 9.17) is 9.72 Å². The zero-order chi connectivity index (χ0) is 27.2. The predicted octanol–water partition coefficient (Wildman–Crippen LogP) is 8.35. The van der Waals surface area contributed by atoms with Gasteiger partial charge < -0.3 is 9.30 Å². The first kappa shape index (κ1) is 25.9. The number of hydrogen-bond acceptors (Lipinski definition) is 3. The molecule has 0 radical (unpaired) electrons. The molecule has 3 aromatic carbocycles. The summed E-state index contributed by atoms with van der Waals surface area (Å²) >= 11 is 0. The van der Waals surface area contributed by atoms with E-state index in [0.717, 1.165) is 38.9 Å². The van der Waals surface area contributed by atoms with Crippen LogP contribution in [0, 0.1) is 12.1 Å². The van der Waals surface area contributed by atoms with Gasteiger partial charge in [0.2, 0.25) is 0 Å². The first-order chi connectivity index (χ1) is 19.4. The quantitative estimate of drug-likeness (QED) is 0.173. The van der Waals surface area contributed by atoms with Gasteiger partial charge in [0.05, 0.1) is 0 Å². The monoisotopic (exact) mass is 712 g/mol. The normalized spacial score (nSPS) is 15.9. The first-order valence-electron chi connectivity index (χ1n) is 13.7. The fraction of sp³-hybridized carbons (Fsp3) is 0.167. The molecule has 41 heavy (non-hydrogen) atoms. The fourth-order valence-corrected chi connectivity index (χ4v) is 7.17. The number of nitrogens with zero attached hydrogens (tertiary/aromatic N) is 3. The number of allylic oxidation sites excluding steroid dienone is 1. The number of hydrogen-bond donors (Lipinski definition) is 0. The van der Waals surface area contributed by atoms with Gasteiger partial charge in [-0.15, -0.1) is 40.8 Å². The molecule has 0 saturated carbocycles. The van der Waals surface area contributed by atoms with Crippen molar-refractivity contribution in [2.24, 2.45) is 0 Å². The largest absolute Gasteiger partial charge is 2.00 e. The third-order valence-corrected chi connectivity index (χ3v) is 8.72. The molecule has 4 nitrogen and oxygen atoms in total. The van der Waals surface area contributed by atoms with E-state index in [1.165, 1.54) is 22.3 Å². The van der Waals surface area contributed by atoms with Crippen molar-refractivity contribution in [1.82, 2.24) is 14.5 Å². The summed E-state index contributed by atoms with van der Waals surface area (Å²) in [5, 5.41) is 2.27. The Morgan fingerprint density at radius 3 is 2.24 bits per heavy atom. The van der Waals surface area contributed by atoms with Gasteiger partial charge in [0.1, 0.15) is 5.82 Å². The molecule has 3 heterocycles. The molecule has 6 aromatic rings. The fourth-order valence-electron chi connectivity index (χ4n) is 7.17. The van der Waals surface area contributed by atoms with Gasteiger partial charge in [-0.25, -0.2) is 4.98 Å². The zero-order valence-corrected chi connectivity index (χ0v) is 25.5. The van der Waals surface area contributed by atoms with Crippen LogP contribution in [0.2, 0.25) is 0 Å². The average Bonchev–Trinajstić information content (AvgIpc) is 3.51. The van der Waals surface area contributed by atoms with Crippen LogP contribution < -0.4 is 4.74 Å². The Bertz CT molecular complexity index is 2040. The molecule has 0 spiro atoms. The van der Waals surface area contributed by atoms with Crippen LogP contribution in [-0.4, -0.2) is 14.5 Å². The topological polar surface area (TPSA) is 39.9 Å². The van der Waals surface area contributed by atoms with Crippen molar-refractivity contribution in [3.63, 3.8) is 0 Å². The molecule has 0 saturated heterocycles. The third kappa shape index (κ3) is 3.57. The molecule has 202 valence electrons. The number of pyridine rings is 2. The van der Waals surface area contributed by atoms with E-state index in [-0.39, 0.29) is 31.9 Å². The van der Waals surface area contributed by atoms with E-state index in [0.29, 0.717) is 11.5 Å². The zero-order valence-electron chi connectivity index (χ0n) is 23.2. The SMILES string of the molecule is CC1(C)C2=C(c3[c-]c(Oc4[c-]c5c(cc4)c4ccccc4n5-c4ccccn4)ccc31)c1ncccc1C2(C)C.[Pt+2]. The number of para-hydroxylation sites is 1. The molecular formula is C36H27N3OPt. The number of ether oxygens (including phenoxy) is 1. The molecule has 0 N–H and O–H groups in total. The first-order valence-corrected chi connectivity index (χ1v) is 13.7. The van der Waals surface area contributed by atoms with E-state index in [1.54, 1.807) is 0 Å². The molecule has 5 heteroatoms. The second-order valence-electron chi connectivity index (χ2n) is 11.7. The summed E-state index contributed by atoms with van der Waals surface area (Å²) < 4.78 is 8.61. The summed E-state index contributed by atoms with van der Waals surface area (Å²) in [6.45, 7) is 9.25. The maximum absolute atomic E-state index is 6.47. The van der Waals surface area contributed by atoms with Crippen molar-refractivity contribution < 1.29 is 25.8 Å². The minimum atomic E-state index is -0.126. The molecule has 0 amide bonds. The van der Waals surface area contributed by atoms with Crippen LogP contribution in [0.25, 0.3) is 33.2 Å². The Morgan fingerprint density at radius 1 is 0.683 bits per heavy atom. The maximum atomic E-state index is 6.47. The summed E-state index contributed by atoms with van der Waals surface area (Å²) in [5.74, 6) is 2.16. The van der Waals surface area contributed by atoms with Crippen molar-refractivity contribution in [2.45, 2.75) is 38.5 Å². The van der Waals surface area contributed by atoms with E-state index in [1.807, 2.05) is 48.8 Å². The van der Waals surface area contributed by atoms with Gasteiger partial charge in [0.25, 0.3) is 0 Å². The molecule has 0 bridgehead atoms. The minimum absolute atomic E-state index is 0. The van der Waals surface area contributed by atoms with Gasteiger partial charge in [0.15, 0.2) is 0 Å². The van der Waals surface area contributed by atoms with Crippen LogP contribution in [0.15, 0.2) is 96.8 Å². The molecule has 3 aromatic heterocycles. The summed E-state index contributed by atoms with van der Waals surface area (Å²) in [6.07, 6.45) is 3.71. The Morgan fingerprint density at radius 2 is 1.41 bits per heavy atom. The molecule has 0 aliphatic heterocycles. The summed E-state index contributed by atoms with van der Waals surface area (Å²) in [4.78, 5) is 9.47. The van der Waals surface area contributed by atoms with Crippen molar-refractivity contribution in [2.75, 3.05) is 0 Å². The molecule has 8 rings (SSSR count). The van der Waals surface area contributed by atoms with Crippen LogP contribution in [0.1, 0.15) is 50.1 Å². The molecular weight excluding hydrogens is 685 g/mol. The van der Waals surface area contributed by atoms with E-state index in [2.05, 4.69) is 91.8 Å². The van der Waals surface area contributed by atoms with Gasteiger partial charge in [-0.3, -0.25) is 4.98 Å². The minimum Gasteiger partial charge on any atom is -0.503 e. The van der Waals surface area contributed by atoms with Crippen LogP contribution in [0.5, 0.6) is 11.5 Å². The Balaban J connectivity index is 0.00000276. The Hall–Kier alpha value is -4.01. The number of fused-ring (bicyclic) bond motifs is 7. The Kier molecular flexibility index (Phi) is 5.69.